The van der Waals surface area contributed by atoms with E-state index in [0.29, 0.717) is 24.4 Å². The highest BCUT2D eigenvalue weighted by Crippen LogP contribution is 2.36. The number of hydrogen-bond donors (Lipinski definition) is 1. The minimum atomic E-state index is -3.83. The minimum absolute atomic E-state index is 0.0817. The average molecular weight is 456 g/mol. The number of sulfonamides is 1. The smallest absolute Gasteiger partial charge is 0.284 e. The molecule has 0 saturated carbocycles. The predicted octanol–water partition coefficient (Wildman–Crippen LogP) is 3.96. The summed E-state index contributed by atoms with van der Waals surface area (Å²) in [5, 5.41) is 2.87. The molecule has 2 aromatic carbocycles. The van der Waals surface area contributed by atoms with Crippen molar-refractivity contribution >= 4 is 27.5 Å². The zero-order chi connectivity index (χ0) is 22.7. The monoisotopic (exact) mass is 455 g/mol. The second kappa shape index (κ2) is 9.32. The van der Waals surface area contributed by atoms with Crippen molar-refractivity contribution < 1.29 is 17.9 Å². The van der Waals surface area contributed by atoms with Gasteiger partial charge in [-0.25, -0.2) is 0 Å². The molecule has 0 spiro atoms. The van der Waals surface area contributed by atoms with Gasteiger partial charge in [-0.2, -0.15) is 8.42 Å². The van der Waals surface area contributed by atoms with Crippen LogP contribution < -0.4 is 10.1 Å². The summed E-state index contributed by atoms with van der Waals surface area (Å²) in [6.45, 7) is 0.807. The number of carbonyl (C=O) groups excluding carboxylic acids is 1. The van der Waals surface area contributed by atoms with Gasteiger partial charge in [-0.15, -0.1) is 4.40 Å². The van der Waals surface area contributed by atoms with Crippen LogP contribution in [0.15, 0.2) is 51.8 Å². The fourth-order valence-electron chi connectivity index (χ4n) is 4.50. The molecule has 1 saturated heterocycles. The van der Waals surface area contributed by atoms with Crippen molar-refractivity contribution in [3.63, 3.8) is 0 Å². The number of nitrogens with one attached hydrogen (secondary N) is 1. The van der Waals surface area contributed by atoms with E-state index in [0.717, 1.165) is 38.0 Å². The molecule has 1 amide bonds. The first-order valence-electron chi connectivity index (χ1n) is 11.0. The summed E-state index contributed by atoms with van der Waals surface area (Å²) in [5.74, 6) is 1.42. The lowest BCUT2D eigenvalue weighted by molar-refractivity contribution is -0.116. The maximum Gasteiger partial charge on any atom is 0.284 e. The molecule has 170 valence electrons. The van der Waals surface area contributed by atoms with Crippen LogP contribution >= 0.6 is 0 Å². The second-order valence-electron chi connectivity index (χ2n) is 8.44. The van der Waals surface area contributed by atoms with Gasteiger partial charge in [0.15, 0.2) is 0 Å². The van der Waals surface area contributed by atoms with Crippen molar-refractivity contribution in [1.29, 1.82) is 0 Å². The Morgan fingerprint density at radius 3 is 2.78 bits per heavy atom. The lowest BCUT2D eigenvalue weighted by atomic mass is 9.81. The van der Waals surface area contributed by atoms with Crippen molar-refractivity contribution in [2.75, 3.05) is 26.0 Å². The number of hydrogen-bond acceptors (Lipinski definition) is 4. The third-order valence-electron chi connectivity index (χ3n) is 6.20. The molecule has 7 nitrogen and oxygen atoms in total. The first-order valence-corrected chi connectivity index (χ1v) is 12.4. The summed E-state index contributed by atoms with van der Waals surface area (Å²) in [4.78, 5) is 14.7. The largest absolute Gasteiger partial charge is 0.497 e. The molecule has 1 aliphatic carbocycles. The normalized spacial score (nSPS) is 19.6. The third-order valence-corrected chi connectivity index (χ3v) is 7.50. The molecule has 1 N–H and O–H groups in total. The van der Waals surface area contributed by atoms with Gasteiger partial charge in [0.25, 0.3) is 10.0 Å². The first-order chi connectivity index (χ1) is 15.4. The summed E-state index contributed by atoms with van der Waals surface area (Å²) in [6.07, 6.45) is 4.87. The molecular weight excluding hydrogens is 426 g/mol. The zero-order valence-corrected chi connectivity index (χ0v) is 19.3. The third kappa shape index (κ3) is 4.96. The molecule has 0 radical (unpaired) electrons. The number of methoxy groups -OCH3 is 1. The fraction of sp³-hybridized carbons (Fsp3) is 0.417. The Hall–Kier alpha value is -2.87. The number of fused-ring (bicyclic) bond motifs is 1. The number of aryl methyl sites for hydroxylation is 1. The molecule has 1 heterocycles. The lowest BCUT2D eigenvalue weighted by Gasteiger charge is -2.25. The predicted molar refractivity (Wildman–Crippen MR) is 125 cm³/mol. The topological polar surface area (TPSA) is 88.1 Å². The van der Waals surface area contributed by atoms with Crippen LogP contribution in [-0.4, -0.2) is 45.8 Å². The number of nitrogens with zero attached hydrogens (tertiary/aromatic N) is 2. The van der Waals surface area contributed by atoms with Crippen LogP contribution in [0.2, 0.25) is 0 Å². The van der Waals surface area contributed by atoms with Gasteiger partial charge in [-0.05, 0) is 73.1 Å². The van der Waals surface area contributed by atoms with Crippen molar-refractivity contribution in [2.24, 2.45) is 4.40 Å². The van der Waals surface area contributed by atoms with Crippen LogP contribution in [0.5, 0.6) is 5.75 Å². The highest BCUT2D eigenvalue weighted by molar-refractivity contribution is 7.90. The van der Waals surface area contributed by atoms with Gasteiger partial charge in [0.2, 0.25) is 5.91 Å². The number of rotatable bonds is 6. The first kappa shape index (κ1) is 22.3. The summed E-state index contributed by atoms with van der Waals surface area (Å²) in [6, 6.07) is 12.4. The van der Waals surface area contributed by atoms with Crippen molar-refractivity contribution in [3.05, 3.63) is 53.6 Å². The highest BCUT2D eigenvalue weighted by Gasteiger charge is 2.24. The standard InChI is InChI=1S/C24H29N3O4S/c1-27-13-5-10-23(27)26-32(29,30)21-9-4-8-19(16-21)25-24(28)15-18-7-3-6-17-14-20(31-2)11-12-22(17)18/h4,8-9,11-12,14,16,18H,3,5-7,10,13,15H2,1-2H3,(H,25,28)/b26-23-. The van der Waals surface area contributed by atoms with Gasteiger partial charge < -0.3 is 15.0 Å². The Labute approximate surface area is 189 Å². The van der Waals surface area contributed by atoms with Gasteiger partial charge in [0.1, 0.15) is 11.6 Å². The van der Waals surface area contributed by atoms with Crippen molar-refractivity contribution in [2.45, 2.75) is 49.3 Å². The average Bonchev–Trinajstić information content (AvgIpc) is 3.17. The molecule has 0 bridgehead atoms. The number of anilines is 1. The second-order valence-corrected chi connectivity index (χ2v) is 10.0. The Kier molecular flexibility index (Phi) is 6.50. The maximum atomic E-state index is 12.8. The van der Waals surface area contributed by atoms with Crippen LogP contribution in [0.4, 0.5) is 5.69 Å². The van der Waals surface area contributed by atoms with Crippen LogP contribution in [0, 0.1) is 0 Å². The van der Waals surface area contributed by atoms with Gasteiger partial charge in [0.05, 0.1) is 12.0 Å². The highest BCUT2D eigenvalue weighted by atomic mass is 32.2. The van der Waals surface area contributed by atoms with E-state index in [9.17, 15) is 13.2 Å². The van der Waals surface area contributed by atoms with Gasteiger partial charge in [-0.1, -0.05) is 12.1 Å². The number of likely N-dealkylation sites (tertiary alicyclic amines) is 1. The summed E-state index contributed by atoms with van der Waals surface area (Å²) >= 11 is 0. The van der Waals surface area contributed by atoms with E-state index >= 15 is 0 Å². The molecule has 1 aliphatic heterocycles. The molecule has 2 aromatic rings. The van der Waals surface area contributed by atoms with E-state index in [1.807, 2.05) is 18.0 Å². The molecule has 1 unspecified atom stereocenters. The van der Waals surface area contributed by atoms with Gasteiger partial charge in [0, 0.05) is 32.1 Å². The summed E-state index contributed by atoms with van der Waals surface area (Å²) in [5.41, 5.74) is 2.89. The van der Waals surface area contributed by atoms with Crippen LogP contribution in [0.25, 0.3) is 0 Å². The molecule has 8 heteroatoms. The molecule has 4 rings (SSSR count). The molecule has 2 aliphatic rings. The molecule has 1 atom stereocenters. The Bertz CT molecular complexity index is 1140. The van der Waals surface area contributed by atoms with E-state index in [4.69, 9.17) is 4.74 Å². The number of carbonyl (C=O) groups is 1. The summed E-state index contributed by atoms with van der Waals surface area (Å²) in [7, 11) is -0.326. The number of benzene rings is 2. The van der Waals surface area contributed by atoms with Gasteiger partial charge in [-0.3, -0.25) is 4.79 Å². The Balaban J connectivity index is 1.46. The lowest BCUT2D eigenvalue weighted by Crippen LogP contribution is -2.20. The fourth-order valence-corrected chi connectivity index (χ4v) is 5.64. The van der Waals surface area contributed by atoms with Crippen LogP contribution in [0.3, 0.4) is 0 Å². The van der Waals surface area contributed by atoms with E-state index in [1.165, 1.54) is 23.3 Å². The number of amides is 1. The number of amidine groups is 1. The number of ether oxygens (including phenoxy) is 1. The van der Waals surface area contributed by atoms with Gasteiger partial charge >= 0.3 is 0 Å². The molecule has 0 aromatic heterocycles. The van der Waals surface area contributed by atoms with E-state index in [-0.39, 0.29) is 16.7 Å². The van der Waals surface area contributed by atoms with Crippen LogP contribution in [0.1, 0.15) is 49.1 Å². The Morgan fingerprint density at radius 1 is 1.19 bits per heavy atom. The van der Waals surface area contributed by atoms with Crippen molar-refractivity contribution in [3.8, 4) is 5.75 Å². The minimum Gasteiger partial charge on any atom is -0.497 e. The molecule has 32 heavy (non-hydrogen) atoms. The van der Waals surface area contributed by atoms with Crippen LogP contribution in [-0.2, 0) is 21.2 Å². The SMILES string of the molecule is COc1ccc2c(c1)CCCC2CC(=O)Nc1cccc(S(=O)(=O)/N=C2/CCCN2C)c1. The molecular formula is C24H29N3O4S. The zero-order valence-electron chi connectivity index (χ0n) is 18.5. The van der Waals surface area contributed by atoms with E-state index in [2.05, 4.69) is 21.8 Å². The molecule has 1 fully saturated rings. The van der Waals surface area contributed by atoms with E-state index in [1.54, 1.807) is 19.2 Å². The summed E-state index contributed by atoms with van der Waals surface area (Å²) < 4.78 is 34.8. The Morgan fingerprint density at radius 2 is 2.03 bits per heavy atom. The van der Waals surface area contributed by atoms with E-state index < -0.39 is 10.0 Å². The van der Waals surface area contributed by atoms with Crippen molar-refractivity contribution in [1.82, 2.24) is 4.90 Å². The maximum absolute atomic E-state index is 12.8. The quantitative estimate of drug-likeness (QED) is 0.712.